The molecule has 2 aromatic carbocycles. The monoisotopic (exact) mass is 610 g/mol. The molecule has 1 saturated carbocycles. The molecule has 1 amide bonds. The number of nitrogens with zero attached hydrogens (tertiary/aromatic N) is 4. The summed E-state index contributed by atoms with van der Waals surface area (Å²) >= 11 is 0. The number of rotatable bonds is 8. The largest absolute Gasteiger partial charge is 0.465 e. The zero-order valence-electron chi connectivity index (χ0n) is 27.3. The van der Waals surface area contributed by atoms with E-state index in [4.69, 9.17) is 9.72 Å². The molecule has 7 rings (SSSR count). The number of imidazole rings is 1. The van der Waals surface area contributed by atoms with E-state index in [0.717, 1.165) is 56.4 Å². The second-order valence-corrected chi connectivity index (χ2v) is 14.3. The van der Waals surface area contributed by atoms with Crippen molar-refractivity contribution in [2.45, 2.75) is 114 Å². The first-order valence-electron chi connectivity index (χ1n) is 17.7. The third kappa shape index (κ3) is 5.49. The maximum atomic E-state index is 14.1. The zero-order valence-corrected chi connectivity index (χ0v) is 27.3. The van der Waals surface area contributed by atoms with Crippen molar-refractivity contribution in [3.8, 4) is 0 Å². The van der Waals surface area contributed by atoms with Crippen molar-refractivity contribution in [3.05, 3.63) is 66.0 Å². The van der Waals surface area contributed by atoms with E-state index >= 15 is 0 Å². The molecule has 0 N–H and O–H groups in total. The summed E-state index contributed by atoms with van der Waals surface area (Å²) in [6, 6.07) is 21.4. The number of carbonyl (C=O) groups is 2. The number of benzene rings is 2. The third-order valence-corrected chi connectivity index (χ3v) is 12.0. The zero-order chi connectivity index (χ0) is 31.0. The highest BCUT2D eigenvalue weighted by molar-refractivity contribution is 6.02. The topological polar surface area (TPSA) is 67.7 Å². The Kier molecular flexibility index (Phi) is 8.49. The van der Waals surface area contributed by atoms with Gasteiger partial charge in [0, 0.05) is 31.2 Å². The van der Waals surface area contributed by atoms with Gasteiger partial charge in [0.05, 0.1) is 17.6 Å². The average Bonchev–Trinajstić information content (AvgIpc) is 3.54. The quantitative estimate of drug-likeness (QED) is 0.203. The highest BCUT2D eigenvalue weighted by atomic mass is 16.5. The second-order valence-electron chi connectivity index (χ2n) is 14.3. The van der Waals surface area contributed by atoms with Crippen LogP contribution in [0.2, 0.25) is 0 Å². The molecule has 7 nitrogen and oxygen atoms in total. The van der Waals surface area contributed by atoms with Crippen molar-refractivity contribution < 1.29 is 14.3 Å². The number of aromatic nitrogens is 2. The summed E-state index contributed by atoms with van der Waals surface area (Å²) in [4.78, 5) is 37.0. The molecule has 3 saturated heterocycles. The van der Waals surface area contributed by atoms with Gasteiger partial charge in [0.1, 0.15) is 11.2 Å². The Morgan fingerprint density at radius 2 is 1.53 bits per heavy atom. The molecule has 1 aliphatic carbocycles. The first-order chi connectivity index (χ1) is 21.9. The van der Waals surface area contributed by atoms with Gasteiger partial charge in [-0.1, -0.05) is 61.7 Å². The third-order valence-electron chi connectivity index (χ3n) is 12.0. The van der Waals surface area contributed by atoms with E-state index in [1.807, 2.05) is 11.8 Å². The number of esters is 1. The smallest absolute Gasteiger partial charge is 0.321 e. The van der Waals surface area contributed by atoms with E-state index in [-0.39, 0.29) is 17.3 Å². The number of hydrogen-bond donors (Lipinski definition) is 0. The highest BCUT2D eigenvalue weighted by Gasteiger charge is 2.51. The lowest BCUT2D eigenvalue weighted by Gasteiger charge is -2.47. The molecule has 45 heavy (non-hydrogen) atoms. The van der Waals surface area contributed by atoms with Crippen LogP contribution in [-0.4, -0.2) is 69.6 Å². The lowest BCUT2D eigenvalue weighted by Crippen LogP contribution is -2.55. The molecule has 0 spiro atoms. The lowest BCUT2D eigenvalue weighted by molar-refractivity contribution is -0.168. The lowest BCUT2D eigenvalue weighted by atomic mass is 9.68. The van der Waals surface area contributed by atoms with Crippen LogP contribution in [0, 0.1) is 12.3 Å². The first-order valence-corrected chi connectivity index (χ1v) is 17.7. The van der Waals surface area contributed by atoms with Gasteiger partial charge in [-0.2, -0.15) is 0 Å². The number of hydrogen-bond acceptors (Lipinski definition) is 5. The Morgan fingerprint density at radius 3 is 2.22 bits per heavy atom. The summed E-state index contributed by atoms with van der Waals surface area (Å²) in [5.41, 5.74) is 2.84. The van der Waals surface area contributed by atoms with E-state index in [1.54, 1.807) is 0 Å². The van der Waals surface area contributed by atoms with E-state index in [2.05, 4.69) is 71.0 Å². The molecule has 3 aliphatic heterocycles. The maximum Gasteiger partial charge on any atom is 0.321 e. The molecule has 2 bridgehead atoms. The molecule has 4 fully saturated rings. The van der Waals surface area contributed by atoms with Crippen molar-refractivity contribution in [1.82, 2.24) is 19.4 Å². The highest BCUT2D eigenvalue weighted by Crippen LogP contribution is 2.46. The van der Waals surface area contributed by atoms with E-state index in [1.165, 1.54) is 36.8 Å². The molecule has 4 aliphatic rings. The Hall–Kier alpha value is -3.19. The van der Waals surface area contributed by atoms with Crippen LogP contribution >= 0.6 is 0 Å². The van der Waals surface area contributed by atoms with E-state index < -0.39 is 5.41 Å². The molecule has 3 aromatic rings. The Morgan fingerprint density at radius 1 is 0.867 bits per heavy atom. The van der Waals surface area contributed by atoms with E-state index in [9.17, 15) is 9.59 Å². The average molecular weight is 611 g/mol. The fraction of sp³-hybridized carbons (Fsp3) is 0.605. The SMILES string of the molecule is CCOC(=O)C1(C(=O)N2CCC(CCN3[C@@H]4CC[C@H]3C[C@@H](n3c(C)nc5ccccc53)C4)(c3ccccc3)CC2)CCCCC1. The van der Waals surface area contributed by atoms with Crippen LogP contribution in [0.3, 0.4) is 0 Å². The number of aryl methyl sites for hydroxylation is 1. The van der Waals surface area contributed by atoms with E-state index in [0.29, 0.717) is 50.7 Å². The summed E-state index contributed by atoms with van der Waals surface area (Å²) in [7, 11) is 0. The van der Waals surface area contributed by atoms with Crippen LogP contribution in [0.25, 0.3) is 11.0 Å². The minimum atomic E-state index is -0.983. The number of amides is 1. The van der Waals surface area contributed by atoms with Gasteiger partial charge in [-0.3, -0.25) is 14.5 Å². The molecular formula is C38H50N4O3. The molecule has 0 radical (unpaired) electrons. The number of piperidine rings is 2. The first kappa shape index (κ1) is 30.5. The van der Waals surface area contributed by atoms with Crippen molar-refractivity contribution in [2.24, 2.45) is 5.41 Å². The summed E-state index contributed by atoms with van der Waals surface area (Å²) in [5, 5.41) is 0. The normalized spacial score (nSPS) is 26.2. The number of ether oxygens (including phenoxy) is 1. The number of fused-ring (bicyclic) bond motifs is 3. The van der Waals surface area contributed by atoms with Crippen LogP contribution in [0.5, 0.6) is 0 Å². The number of likely N-dealkylation sites (tertiary alicyclic amines) is 1. The Bertz CT molecular complexity index is 1490. The van der Waals surface area contributed by atoms with Gasteiger partial charge in [0.2, 0.25) is 5.91 Å². The maximum absolute atomic E-state index is 14.1. The molecular weight excluding hydrogens is 560 g/mol. The molecule has 1 aromatic heterocycles. The minimum Gasteiger partial charge on any atom is -0.465 e. The fourth-order valence-corrected chi connectivity index (χ4v) is 9.64. The summed E-state index contributed by atoms with van der Waals surface area (Å²) < 4.78 is 8.02. The van der Waals surface area contributed by atoms with Crippen molar-refractivity contribution in [2.75, 3.05) is 26.2 Å². The predicted molar refractivity (Wildman–Crippen MR) is 177 cm³/mol. The van der Waals surface area contributed by atoms with Crippen LogP contribution in [0.1, 0.15) is 101 Å². The molecule has 240 valence electrons. The summed E-state index contributed by atoms with van der Waals surface area (Å²) in [5.74, 6) is 0.855. The van der Waals surface area contributed by atoms with Crippen LogP contribution in [0.15, 0.2) is 54.6 Å². The predicted octanol–water partition coefficient (Wildman–Crippen LogP) is 6.98. The number of carbonyl (C=O) groups excluding carboxylic acids is 2. The van der Waals surface area contributed by atoms with Crippen LogP contribution in [0.4, 0.5) is 0 Å². The van der Waals surface area contributed by atoms with Gasteiger partial charge in [-0.25, -0.2) is 4.98 Å². The summed E-state index contributed by atoms with van der Waals surface area (Å²) in [6.45, 7) is 6.83. The molecule has 4 heterocycles. The van der Waals surface area contributed by atoms with Gasteiger partial charge in [-0.05, 0) is 101 Å². The van der Waals surface area contributed by atoms with Gasteiger partial charge >= 0.3 is 5.97 Å². The van der Waals surface area contributed by atoms with Crippen molar-refractivity contribution >= 4 is 22.9 Å². The Balaban J connectivity index is 1.06. The van der Waals surface area contributed by atoms with Gasteiger partial charge in [-0.15, -0.1) is 0 Å². The van der Waals surface area contributed by atoms with Crippen molar-refractivity contribution in [3.63, 3.8) is 0 Å². The number of para-hydroxylation sites is 2. The van der Waals surface area contributed by atoms with Crippen LogP contribution < -0.4 is 0 Å². The summed E-state index contributed by atoms with van der Waals surface area (Å²) in [6.07, 6.45) is 12.1. The minimum absolute atomic E-state index is 0.0183. The van der Waals surface area contributed by atoms with Gasteiger partial charge in [0.25, 0.3) is 0 Å². The van der Waals surface area contributed by atoms with Crippen molar-refractivity contribution in [1.29, 1.82) is 0 Å². The van der Waals surface area contributed by atoms with Crippen LogP contribution in [-0.2, 0) is 19.7 Å². The molecule has 0 unspecified atom stereocenters. The van der Waals surface area contributed by atoms with Gasteiger partial charge < -0.3 is 14.2 Å². The molecule has 3 atom stereocenters. The fourth-order valence-electron chi connectivity index (χ4n) is 9.64. The Labute approximate surface area is 268 Å². The standard InChI is InChI=1S/C38H50N4O3/c1-3-45-36(44)38(18-10-5-11-19-38)35(43)40-23-20-37(21-24-40,29-12-6-4-7-13-29)22-25-41-30-16-17-31(41)27-32(26-30)42-28(2)39-33-14-8-9-15-34(33)42/h4,6-9,12-15,30-32H,3,5,10-11,16-27H2,1-2H3/t30-,31+,32+. The van der Waals surface area contributed by atoms with Gasteiger partial charge in [0.15, 0.2) is 0 Å². The second kappa shape index (κ2) is 12.5. The molecule has 7 heteroatoms.